The zero-order chi connectivity index (χ0) is 8.77. The quantitative estimate of drug-likeness (QED) is 0.405. The molecule has 12 heavy (non-hydrogen) atoms. The van der Waals surface area contributed by atoms with E-state index >= 15 is 0 Å². The molecule has 2 aliphatic rings. The zero-order valence-electron chi connectivity index (χ0n) is 6.20. The summed E-state index contributed by atoms with van der Waals surface area (Å²) in [5.41, 5.74) is 5.55. The van der Waals surface area contributed by atoms with Crippen LogP contribution in [0.3, 0.4) is 0 Å². The molecule has 7 heteroatoms. The first kappa shape index (κ1) is 8.21. The van der Waals surface area contributed by atoms with Crippen LogP contribution in [0.15, 0.2) is 0 Å². The Morgan fingerprint density at radius 1 is 1.33 bits per heavy atom. The first-order valence-corrected chi connectivity index (χ1v) is 5.82. The molecule has 0 radical (unpaired) electrons. The minimum Gasteiger partial charge on any atom is -0.356 e. The molecule has 68 valence electrons. The molecule has 2 atom stereocenters. The molecule has 0 aromatic carbocycles. The summed E-state index contributed by atoms with van der Waals surface area (Å²) in [5.74, 6) is 0.354. The number of thiocarbonyl (C=S) groups is 1. The van der Waals surface area contributed by atoms with Gasteiger partial charge < -0.3 is 5.32 Å². The van der Waals surface area contributed by atoms with Crippen LogP contribution in [0.25, 0.3) is 0 Å². The van der Waals surface area contributed by atoms with Crippen LogP contribution < -0.4 is 16.2 Å². The van der Waals surface area contributed by atoms with Gasteiger partial charge in [0.15, 0.2) is 14.9 Å². The fourth-order valence-corrected chi connectivity index (χ4v) is 3.57. The van der Waals surface area contributed by atoms with Gasteiger partial charge in [0.05, 0.1) is 23.6 Å². The van der Waals surface area contributed by atoms with Crippen molar-refractivity contribution >= 4 is 27.2 Å². The smallest absolute Gasteiger partial charge is 0.181 e. The van der Waals surface area contributed by atoms with Crippen molar-refractivity contribution < 1.29 is 8.42 Å². The summed E-state index contributed by atoms with van der Waals surface area (Å²) in [6.07, 6.45) is 0. The molecular weight excluding hydrogens is 198 g/mol. The molecule has 0 unspecified atom stereocenters. The maximum Gasteiger partial charge on any atom is 0.181 e. The second-order valence-corrected chi connectivity index (χ2v) is 5.59. The number of rotatable bonds is 0. The molecule has 2 fully saturated rings. The Kier molecular flexibility index (Phi) is 1.74. The number of sulfone groups is 1. The average molecular weight is 207 g/mol. The summed E-state index contributed by atoms with van der Waals surface area (Å²) >= 11 is 4.83. The van der Waals surface area contributed by atoms with Gasteiger partial charge >= 0.3 is 0 Å². The average Bonchev–Trinajstić information content (AvgIpc) is 2.21. The predicted octanol–water partition coefficient (Wildman–Crippen LogP) is -1.87. The van der Waals surface area contributed by atoms with E-state index in [1.54, 1.807) is 0 Å². The highest BCUT2D eigenvalue weighted by molar-refractivity contribution is 7.91. The van der Waals surface area contributed by atoms with Crippen molar-refractivity contribution in [2.75, 3.05) is 11.5 Å². The SMILES string of the molecule is O=S1(=O)C[C@@H]2NNC(=S)N[C@H]2C1. The van der Waals surface area contributed by atoms with Crippen LogP contribution in [-0.2, 0) is 9.84 Å². The number of hydrazine groups is 1. The number of hydrogen-bond donors (Lipinski definition) is 3. The van der Waals surface area contributed by atoms with Crippen LogP contribution in [0.2, 0.25) is 0 Å². The van der Waals surface area contributed by atoms with Crippen LogP contribution >= 0.6 is 12.2 Å². The third-order valence-electron chi connectivity index (χ3n) is 2.04. The molecular formula is C5H9N3O2S2. The Morgan fingerprint density at radius 2 is 2.00 bits per heavy atom. The molecule has 0 aromatic heterocycles. The summed E-state index contributed by atoms with van der Waals surface area (Å²) in [5, 5.41) is 3.38. The number of nitrogens with one attached hydrogen (secondary N) is 3. The first-order chi connectivity index (χ1) is 5.57. The van der Waals surface area contributed by atoms with Gasteiger partial charge in [-0.3, -0.25) is 5.43 Å². The minimum atomic E-state index is -2.88. The molecule has 5 nitrogen and oxygen atoms in total. The Hall–Kier alpha value is -0.400. The van der Waals surface area contributed by atoms with Gasteiger partial charge in [0, 0.05) is 0 Å². The molecule has 0 spiro atoms. The second-order valence-electron chi connectivity index (χ2n) is 3.03. The lowest BCUT2D eigenvalue weighted by Gasteiger charge is -2.28. The highest BCUT2D eigenvalue weighted by atomic mass is 32.2. The summed E-state index contributed by atoms with van der Waals surface area (Å²) in [7, 11) is -2.88. The fourth-order valence-electron chi connectivity index (χ4n) is 1.49. The fraction of sp³-hybridized carbons (Fsp3) is 0.800. The Labute approximate surface area is 75.8 Å². The van der Waals surface area contributed by atoms with Crippen LogP contribution in [0.5, 0.6) is 0 Å². The molecule has 0 aliphatic carbocycles. The van der Waals surface area contributed by atoms with Gasteiger partial charge in [-0.25, -0.2) is 13.8 Å². The Morgan fingerprint density at radius 3 is 2.75 bits per heavy atom. The van der Waals surface area contributed by atoms with Gasteiger partial charge in [-0.2, -0.15) is 0 Å². The lowest BCUT2D eigenvalue weighted by atomic mass is 10.2. The van der Waals surface area contributed by atoms with Crippen molar-refractivity contribution in [1.82, 2.24) is 16.2 Å². The number of fused-ring (bicyclic) bond motifs is 1. The zero-order valence-corrected chi connectivity index (χ0v) is 7.83. The molecule has 2 heterocycles. The van der Waals surface area contributed by atoms with Crippen molar-refractivity contribution in [3.63, 3.8) is 0 Å². The van der Waals surface area contributed by atoms with Crippen LogP contribution in [0.1, 0.15) is 0 Å². The van der Waals surface area contributed by atoms with Gasteiger partial charge in [0.25, 0.3) is 0 Å². The maximum atomic E-state index is 11.2. The third-order valence-corrected chi connectivity index (χ3v) is 3.99. The van der Waals surface area contributed by atoms with Crippen LogP contribution in [0, 0.1) is 0 Å². The van der Waals surface area contributed by atoms with E-state index < -0.39 is 9.84 Å². The maximum absolute atomic E-state index is 11.2. The molecule has 0 bridgehead atoms. The normalized spacial score (nSPS) is 38.2. The van der Waals surface area contributed by atoms with Crippen molar-refractivity contribution in [3.05, 3.63) is 0 Å². The monoisotopic (exact) mass is 207 g/mol. The molecule has 0 saturated carbocycles. The molecule has 0 amide bonds. The standard InChI is InChI=1S/C5H9N3O2S2/c9-12(10)1-3-4(2-12)7-8-5(11)6-3/h3-4,7H,1-2H2,(H2,6,8,11)/t3-,4-/m0/s1. The summed E-state index contributed by atoms with van der Waals surface area (Å²) in [6.45, 7) is 0. The van der Waals surface area contributed by atoms with E-state index in [2.05, 4.69) is 16.2 Å². The van der Waals surface area contributed by atoms with Gasteiger partial charge in [0.2, 0.25) is 0 Å². The van der Waals surface area contributed by atoms with E-state index in [0.717, 1.165) is 0 Å². The molecule has 2 aliphatic heterocycles. The highest BCUT2D eigenvalue weighted by Crippen LogP contribution is 2.13. The van der Waals surface area contributed by atoms with E-state index in [9.17, 15) is 8.42 Å². The van der Waals surface area contributed by atoms with E-state index in [1.165, 1.54) is 0 Å². The van der Waals surface area contributed by atoms with Crippen molar-refractivity contribution in [2.45, 2.75) is 12.1 Å². The van der Waals surface area contributed by atoms with Crippen LogP contribution in [-0.4, -0.2) is 37.1 Å². The second kappa shape index (κ2) is 2.54. The van der Waals surface area contributed by atoms with Gasteiger partial charge in [0.1, 0.15) is 0 Å². The molecule has 2 rings (SSSR count). The van der Waals surface area contributed by atoms with Gasteiger partial charge in [-0.1, -0.05) is 0 Å². The van der Waals surface area contributed by atoms with Crippen molar-refractivity contribution in [1.29, 1.82) is 0 Å². The van der Waals surface area contributed by atoms with Crippen molar-refractivity contribution in [2.24, 2.45) is 0 Å². The predicted molar refractivity (Wildman–Crippen MR) is 48.2 cm³/mol. The largest absolute Gasteiger partial charge is 0.356 e. The lowest BCUT2D eigenvalue weighted by molar-refractivity contribution is 0.416. The summed E-state index contributed by atoms with van der Waals surface area (Å²) < 4.78 is 22.3. The summed E-state index contributed by atoms with van der Waals surface area (Å²) in [4.78, 5) is 0. The van der Waals surface area contributed by atoms with Crippen molar-refractivity contribution in [3.8, 4) is 0 Å². The van der Waals surface area contributed by atoms with E-state index in [4.69, 9.17) is 12.2 Å². The van der Waals surface area contributed by atoms with Crippen LogP contribution in [0.4, 0.5) is 0 Å². The molecule has 3 N–H and O–H groups in total. The Balaban J connectivity index is 2.17. The highest BCUT2D eigenvalue weighted by Gasteiger charge is 2.40. The first-order valence-electron chi connectivity index (χ1n) is 3.59. The van der Waals surface area contributed by atoms with Gasteiger partial charge in [-0.05, 0) is 12.2 Å². The Bertz CT molecular complexity index is 313. The lowest BCUT2D eigenvalue weighted by Crippen LogP contribution is -2.63. The molecule has 2 saturated heterocycles. The topological polar surface area (TPSA) is 70.2 Å². The van der Waals surface area contributed by atoms with E-state index in [1.807, 2.05) is 0 Å². The third kappa shape index (κ3) is 1.39. The number of hydrogen-bond acceptors (Lipinski definition) is 4. The minimum absolute atomic E-state index is 0.0540. The van der Waals surface area contributed by atoms with Gasteiger partial charge in [-0.15, -0.1) is 0 Å². The molecule has 0 aromatic rings. The van der Waals surface area contributed by atoms with E-state index in [0.29, 0.717) is 5.11 Å². The van der Waals surface area contributed by atoms with E-state index in [-0.39, 0.29) is 23.6 Å². The summed E-state index contributed by atoms with van der Waals surface area (Å²) in [6, 6.07) is -0.120.